The Balaban J connectivity index is 2.15. The van der Waals surface area contributed by atoms with Gasteiger partial charge in [-0.2, -0.15) is 5.10 Å². The molecule has 0 aliphatic rings. The molecule has 0 atom stereocenters. The molecule has 1 heterocycles. The topological polar surface area (TPSA) is 66.0 Å². The highest BCUT2D eigenvalue weighted by Crippen LogP contribution is 2.19. The minimum absolute atomic E-state index is 0.0843. The Labute approximate surface area is 115 Å². The van der Waals surface area contributed by atoms with Crippen molar-refractivity contribution in [2.75, 3.05) is 5.88 Å². The zero-order chi connectivity index (χ0) is 13.7. The fraction of sp³-hybridized carbons (Fsp3) is 0.143. The first kappa shape index (κ1) is 13.4. The number of alkyl halides is 1. The summed E-state index contributed by atoms with van der Waals surface area (Å²) in [7, 11) is 0. The van der Waals surface area contributed by atoms with E-state index in [2.05, 4.69) is 10.2 Å². The molecule has 0 radical (unpaired) electrons. The summed E-state index contributed by atoms with van der Waals surface area (Å²) in [6.07, 6.45) is 4.85. The van der Waals surface area contributed by atoms with Gasteiger partial charge in [0.15, 0.2) is 0 Å². The van der Waals surface area contributed by atoms with Crippen LogP contribution in [0.2, 0.25) is 0 Å². The highest BCUT2D eigenvalue weighted by molar-refractivity contribution is 6.17. The van der Waals surface area contributed by atoms with Gasteiger partial charge in [0.25, 0.3) is 0 Å². The summed E-state index contributed by atoms with van der Waals surface area (Å²) in [6.45, 7) is 0. The Kier molecular flexibility index (Phi) is 4.36. The van der Waals surface area contributed by atoms with Crippen molar-refractivity contribution in [1.82, 2.24) is 10.2 Å². The van der Waals surface area contributed by atoms with Crippen LogP contribution in [0, 0.1) is 0 Å². The van der Waals surface area contributed by atoms with E-state index in [1.54, 1.807) is 0 Å². The standard InChI is InChI=1S/C14H13ClN2O2/c15-8-2-1-3-10-4-6-11(7-5-10)12-9-13(14(18)19)17-16-12/h1,3-7,9H,2,8H2,(H,16,17)(H,18,19). The van der Waals surface area contributed by atoms with E-state index in [1.165, 1.54) is 6.07 Å². The van der Waals surface area contributed by atoms with Crippen LogP contribution in [0.25, 0.3) is 17.3 Å². The Morgan fingerprint density at radius 2 is 2.11 bits per heavy atom. The molecule has 0 saturated heterocycles. The summed E-state index contributed by atoms with van der Waals surface area (Å²) >= 11 is 5.59. The molecule has 4 nitrogen and oxygen atoms in total. The Bertz CT molecular complexity index is 588. The van der Waals surface area contributed by atoms with E-state index in [9.17, 15) is 4.79 Å². The molecule has 2 aromatic rings. The van der Waals surface area contributed by atoms with E-state index < -0.39 is 5.97 Å². The summed E-state index contributed by atoms with van der Waals surface area (Å²) in [5.74, 6) is -0.404. The molecule has 0 amide bonds. The lowest BCUT2D eigenvalue weighted by Crippen LogP contribution is -1.95. The van der Waals surface area contributed by atoms with Gasteiger partial charge in [-0.1, -0.05) is 36.4 Å². The van der Waals surface area contributed by atoms with Crippen LogP contribution in [0.4, 0.5) is 0 Å². The van der Waals surface area contributed by atoms with Gasteiger partial charge in [0.05, 0.1) is 5.69 Å². The molecule has 19 heavy (non-hydrogen) atoms. The first-order chi connectivity index (χ1) is 9.20. The number of hydrogen-bond donors (Lipinski definition) is 2. The maximum absolute atomic E-state index is 10.8. The van der Waals surface area contributed by atoms with Gasteiger partial charge >= 0.3 is 5.97 Å². The quantitative estimate of drug-likeness (QED) is 0.823. The van der Waals surface area contributed by atoms with Crippen molar-refractivity contribution >= 4 is 23.6 Å². The summed E-state index contributed by atoms with van der Waals surface area (Å²) in [5.41, 5.74) is 2.65. The van der Waals surface area contributed by atoms with E-state index >= 15 is 0 Å². The number of nitrogens with zero attached hydrogens (tertiary/aromatic N) is 1. The molecule has 0 spiro atoms. The summed E-state index contributed by atoms with van der Waals surface area (Å²) in [4.78, 5) is 10.8. The van der Waals surface area contributed by atoms with E-state index in [1.807, 2.05) is 36.4 Å². The van der Waals surface area contributed by atoms with Gasteiger partial charge in [0.1, 0.15) is 5.69 Å². The number of aromatic amines is 1. The molecule has 0 fully saturated rings. The van der Waals surface area contributed by atoms with Crippen molar-refractivity contribution in [1.29, 1.82) is 0 Å². The number of benzene rings is 1. The molecule has 0 bridgehead atoms. The molecular weight excluding hydrogens is 264 g/mol. The number of aromatic nitrogens is 2. The molecule has 0 aliphatic heterocycles. The van der Waals surface area contributed by atoms with Gasteiger partial charge in [0.2, 0.25) is 0 Å². The van der Waals surface area contributed by atoms with Crippen molar-refractivity contribution in [3.8, 4) is 11.3 Å². The van der Waals surface area contributed by atoms with Crippen LogP contribution in [0.15, 0.2) is 36.4 Å². The fourth-order valence-corrected chi connectivity index (χ4v) is 1.75. The van der Waals surface area contributed by atoms with Crippen LogP contribution in [0.1, 0.15) is 22.5 Å². The third-order valence-corrected chi connectivity index (χ3v) is 2.82. The lowest BCUT2D eigenvalue weighted by molar-refractivity contribution is 0.0690. The highest BCUT2D eigenvalue weighted by Gasteiger charge is 2.08. The maximum atomic E-state index is 10.8. The minimum atomic E-state index is -1.01. The Morgan fingerprint density at radius 3 is 2.68 bits per heavy atom. The van der Waals surface area contributed by atoms with Gasteiger partial charge in [-0.15, -0.1) is 11.6 Å². The monoisotopic (exact) mass is 276 g/mol. The maximum Gasteiger partial charge on any atom is 0.353 e. The number of carboxylic acids is 1. The Hall–Kier alpha value is -2.07. The van der Waals surface area contributed by atoms with Crippen LogP contribution in [-0.2, 0) is 0 Å². The van der Waals surface area contributed by atoms with Crippen molar-refractivity contribution < 1.29 is 9.90 Å². The molecule has 98 valence electrons. The molecule has 1 aromatic carbocycles. The third kappa shape index (κ3) is 3.45. The largest absolute Gasteiger partial charge is 0.477 e. The van der Waals surface area contributed by atoms with Gasteiger partial charge < -0.3 is 5.11 Å². The molecule has 0 saturated carbocycles. The third-order valence-electron chi connectivity index (χ3n) is 2.60. The second-order valence-corrected chi connectivity index (χ2v) is 4.35. The molecule has 1 aromatic heterocycles. The predicted octanol–water partition coefficient (Wildman–Crippen LogP) is 3.42. The number of halogens is 1. The number of rotatable bonds is 5. The molecule has 2 rings (SSSR count). The predicted molar refractivity (Wildman–Crippen MR) is 75.4 cm³/mol. The fourth-order valence-electron chi connectivity index (χ4n) is 1.63. The molecule has 0 unspecified atom stereocenters. The van der Waals surface area contributed by atoms with Crippen LogP contribution in [-0.4, -0.2) is 27.2 Å². The second-order valence-electron chi connectivity index (χ2n) is 3.97. The van der Waals surface area contributed by atoms with Crippen molar-refractivity contribution in [3.63, 3.8) is 0 Å². The molecule has 5 heteroatoms. The number of allylic oxidation sites excluding steroid dienone is 1. The van der Waals surface area contributed by atoms with Crippen LogP contribution >= 0.6 is 11.6 Å². The van der Waals surface area contributed by atoms with Crippen LogP contribution in [0.5, 0.6) is 0 Å². The molecule has 0 aliphatic carbocycles. The highest BCUT2D eigenvalue weighted by atomic mass is 35.5. The SMILES string of the molecule is O=C(O)c1cc(-c2ccc(C=CCCCl)cc2)n[nH]1. The zero-order valence-electron chi connectivity index (χ0n) is 10.1. The van der Waals surface area contributed by atoms with Crippen molar-refractivity contribution in [2.24, 2.45) is 0 Å². The zero-order valence-corrected chi connectivity index (χ0v) is 10.9. The number of carbonyl (C=O) groups is 1. The normalized spacial score (nSPS) is 11.0. The van der Waals surface area contributed by atoms with E-state index in [4.69, 9.17) is 16.7 Å². The first-order valence-corrected chi connectivity index (χ1v) is 6.36. The molecule has 2 N–H and O–H groups in total. The average molecular weight is 277 g/mol. The number of carboxylic acid groups (broad SMARTS) is 1. The smallest absolute Gasteiger partial charge is 0.353 e. The van der Waals surface area contributed by atoms with E-state index in [0.717, 1.165) is 17.5 Å². The van der Waals surface area contributed by atoms with Crippen molar-refractivity contribution in [3.05, 3.63) is 47.7 Å². The van der Waals surface area contributed by atoms with Gasteiger partial charge in [-0.05, 0) is 18.1 Å². The van der Waals surface area contributed by atoms with Crippen molar-refractivity contribution in [2.45, 2.75) is 6.42 Å². The number of hydrogen-bond acceptors (Lipinski definition) is 2. The van der Waals surface area contributed by atoms with Gasteiger partial charge in [-0.25, -0.2) is 4.79 Å². The van der Waals surface area contributed by atoms with E-state index in [0.29, 0.717) is 11.6 Å². The summed E-state index contributed by atoms with van der Waals surface area (Å²) in [5, 5.41) is 15.3. The number of aromatic carboxylic acids is 1. The van der Waals surface area contributed by atoms with Gasteiger partial charge in [-0.3, -0.25) is 5.10 Å². The summed E-state index contributed by atoms with van der Waals surface area (Å²) in [6, 6.07) is 9.23. The lowest BCUT2D eigenvalue weighted by Gasteiger charge is -1.97. The number of H-pyrrole nitrogens is 1. The Morgan fingerprint density at radius 1 is 1.37 bits per heavy atom. The lowest BCUT2D eigenvalue weighted by atomic mass is 10.1. The minimum Gasteiger partial charge on any atom is -0.477 e. The average Bonchev–Trinajstić information content (AvgIpc) is 2.90. The van der Waals surface area contributed by atoms with Crippen LogP contribution < -0.4 is 0 Å². The number of nitrogens with one attached hydrogen (secondary N) is 1. The second kappa shape index (κ2) is 6.20. The molecular formula is C14H13ClN2O2. The first-order valence-electron chi connectivity index (χ1n) is 5.82. The summed E-state index contributed by atoms with van der Waals surface area (Å²) < 4.78 is 0. The van der Waals surface area contributed by atoms with E-state index in [-0.39, 0.29) is 5.69 Å². The van der Waals surface area contributed by atoms with Crippen LogP contribution in [0.3, 0.4) is 0 Å². The van der Waals surface area contributed by atoms with Gasteiger partial charge in [0, 0.05) is 11.4 Å².